The van der Waals surface area contributed by atoms with Crippen LogP contribution >= 0.6 is 0 Å². The number of carbonyl (C=O) groups is 1. The normalized spacial score (nSPS) is 20.9. The third-order valence-corrected chi connectivity index (χ3v) is 6.49. The van der Waals surface area contributed by atoms with E-state index in [2.05, 4.69) is 5.32 Å². The maximum absolute atomic E-state index is 12.4. The highest BCUT2D eigenvalue weighted by atomic mass is 32.2. The van der Waals surface area contributed by atoms with Crippen molar-refractivity contribution < 1.29 is 32.2 Å². The Morgan fingerprint density at radius 3 is 2.57 bits per heavy atom. The molecule has 0 saturated carbocycles. The second-order valence-electron chi connectivity index (χ2n) is 6.69. The summed E-state index contributed by atoms with van der Waals surface area (Å²) in [7, 11) is -0.458. The molecule has 0 bridgehead atoms. The highest BCUT2D eigenvalue weighted by Crippen LogP contribution is 2.33. The zero-order valence-electron chi connectivity index (χ0n) is 15.6. The van der Waals surface area contributed by atoms with Crippen molar-refractivity contribution in [2.75, 3.05) is 25.7 Å². The number of rotatable bonds is 5. The molecule has 1 aliphatic heterocycles. The number of methoxy groups -OCH3 is 2. The molecule has 2 unspecified atom stereocenters. The van der Waals surface area contributed by atoms with Crippen LogP contribution in [-0.2, 0) is 21.1 Å². The number of aliphatic hydroxyl groups excluding tert-OH is 1. The van der Waals surface area contributed by atoms with Crippen molar-refractivity contribution in [1.82, 2.24) is 5.32 Å². The van der Waals surface area contributed by atoms with E-state index in [9.17, 15) is 23.1 Å². The number of ether oxygens (including phenoxy) is 2. The summed E-state index contributed by atoms with van der Waals surface area (Å²) in [6.45, 7) is 1.67. The third kappa shape index (κ3) is 3.83. The van der Waals surface area contributed by atoms with E-state index in [1.54, 1.807) is 19.1 Å². The molecule has 2 heterocycles. The number of aryl methyl sites for hydroxylation is 1. The molecule has 1 amide bonds. The zero-order valence-corrected chi connectivity index (χ0v) is 16.5. The van der Waals surface area contributed by atoms with Crippen molar-refractivity contribution in [2.24, 2.45) is 0 Å². The average Bonchev–Trinajstić information content (AvgIpc) is 2.88. The number of carbonyl (C=O) groups excluding carboxylic acids is 1. The summed E-state index contributed by atoms with van der Waals surface area (Å²) < 4.78 is 39.0. The molecule has 2 N–H and O–H groups in total. The Balaban J connectivity index is 1.93. The van der Waals surface area contributed by atoms with Gasteiger partial charge in [0.15, 0.2) is 9.84 Å². The van der Waals surface area contributed by atoms with Crippen LogP contribution in [0.25, 0.3) is 11.0 Å². The van der Waals surface area contributed by atoms with Crippen molar-refractivity contribution in [3.8, 4) is 11.5 Å². The van der Waals surface area contributed by atoms with Gasteiger partial charge in [0, 0.05) is 12.1 Å². The number of hydrogen-bond donors (Lipinski definition) is 2. The first-order valence-electron chi connectivity index (χ1n) is 8.51. The fourth-order valence-corrected chi connectivity index (χ4v) is 5.09. The van der Waals surface area contributed by atoms with Gasteiger partial charge in [0.05, 0.1) is 55.2 Å². The van der Waals surface area contributed by atoms with E-state index in [0.717, 1.165) is 0 Å². The number of amides is 1. The van der Waals surface area contributed by atoms with Crippen LogP contribution in [0.5, 0.6) is 11.5 Å². The van der Waals surface area contributed by atoms with Crippen molar-refractivity contribution in [1.29, 1.82) is 0 Å². The van der Waals surface area contributed by atoms with E-state index in [1.807, 2.05) is 0 Å². The molecule has 1 aliphatic rings. The summed E-state index contributed by atoms with van der Waals surface area (Å²) in [5.41, 5.74) is 0.222. The molecule has 1 aromatic heterocycles. The van der Waals surface area contributed by atoms with Crippen LogP contribution in [-0.4, -0.2) is 57.3 Å². The van der Waals surface area contributed by atoms with E-state index >= 15 is 0 Å². The van der Waals surface area contributed by atoms with Crippen LogP contribution in [0, 0.1) is 6.92 Å². The summed E-state index contributed by atoms with van der Waals surface area (Å²) in [6, 6.07) is 2.29. The highest BCUT2D eigenvalue weighted by molar-refractivity contribution is 7.91. The Kier molecular flexibility index (Phi) is 5.35. The predicted molar refractivity (Wildman–Crippen MR) is 101 cm³/mol. The van der Waals surface area contributed by atoms with E-state index in [4.69, 9.17) is 13.9 Å². The molecule has 3 rings (SSSR count). The van der Waals surface area contributed by atoms with Crippen molar-refractivity contribution in [3.63, 3.8) is 0 Å². The molecule has 1 aromatic carbocycles. The van der Waals surface area contributed by atoms with E-state index in [0.29, 0.717) is 22.4 Å². The van der Waals surface area contributed by atoms with Gasteiger partial charge < -0.3 is 24.3 Å². The fourth-order valence-electron chi connectivity index (χ4n) is 3.35. The van der Waals surface area contributed by atoms with Gasteiger partial charge in [-0.3, -0.25) is 4.79 Å². The molecule has 9 nitrogen and oxygen atoms in total. The van der Waals surface area contributed by atoms with Gasteiger partial charge in [0.2, 0.25) is 5.91 Å². The third-order valence-electron chi connectivity index (χ3n) is 4.78. The highest BCUT2D eigenvalue weighted by Gasteiger charge is 2.37. The predicted octanol–water partition coefficient (Wildman–Crippen LogP) is -0.0648. The molecule has 28 heavy (non-hydrogen) atoms. The molecule has 152 valence electrons. The summed E-state index contributed by atoms with van der Waals surface area (Å²) >= 11 is 0. The van der Waals surface area contributed by atoms with E-state index < -0.39 is 39.3 Å². The minimum atomic E-state index is -3.40. The molecule has 0 spiro atoms. The monoisotopic (exact) mass is 411 g/mol. The van der Waals surface area contributed by atoms with Gasteiger partial charge in [-0.15, -0.1) is 0 Å². The average molecular weight is 411 g/mol. The van der Waals surface area contributed by atoms with E-state index in [-0.39, 0.29) is 23.3 Å². The van der Waals surface area contributed by atoms with Crippen LogP contribution in [0.4, 0.5) is 0 Å². The lowest BCUT2D eigenvalue weighted by Crippen LogP contribution is -2.43. The Morgan fingerprint density at radius 2 is 2.00 bits per heavy atom. The van der Waals surface area contributed by atoms with Crippen LogP contribution < -0.4 is 20.4 Å². The zero-order chi connectivity index (χ0) is 20.6. The van der Waals surface area contributed by atoms with E-state index in [1.165, 1.54) is 14.2 Å². The number of fused-ring (bicyclic) bond motifs is 1. The first-order chi connectivity index (χ1) is 13.1. The maximum atomic E-state index is 12.4. The van der Waals surface area contributed by atoms with Crippen LogP contribution in [0.15, 0.2) is 21.3 Å². The van der Waals surface area contributed by atoms with Crippen molar-refractivity contribution in [3.05, 3.63) is 33.7 Å². The summed E-state index contributed by atoms with van der Waals surface area (Å²) in [4.78, 5) is 24.8. The molecular formula is C18H21NO8S. The molecule has 0 aliphatic carbocycles. The number of nitrogens with one attached hydrogen (secondary N) is 1. The molecule has 0 radical (unpaired) electrons. The lowest BCUT2D eigenvalue weighted by Gasteiger charge is -2.16. The van der Waals surface area contributed by atoms with Gasteiger partial charge in [-0.1, -0.05) is 0 Å². The van der Waals surface area contributed by atoms with Gasteiger partial charge >= 0.3 is 5.63 Å². The molecule has 10 heteroatoms. The van der Waals surface area contributed by atoms with Gasteiger partial charge in [-0.05, 0) is 12.5 Å². The lowest BCUT2D eigenvalue weighted by molar-refractivity contribution is -0.121. The van der Waals surface area contributed by atoms with Crippen molar-refractivity contribution >= 4 is 26.7 Å². The number of aliphatic hydroxyl groups is 1. The van der Waals surface area contributed by atoms with Crippen LogP contribution in [0.2, 0.25) is 0 Å². The van der Waals surface area contributed by atoms with Crippen molar-refractivity contribution in [2.45, 2.75) is 25.5 Å². The molecular weight excluding hydrogens is 390 g/mol. The minimum absolute atomic E-state index is 0.129. The maximum Gasteiger partial charge on any atom is 0.340 e. The minimum Gasteiger partial charge on any atom is -0.496 e. The smallest absolute Gasteiger partial charge is 0.340 e. The van der Waals surface area contributed by atoms with Gasteiger partial charge in [0.25, 0.3) is 0 Å². The van der Waals surface area contributed by atoms with Crippen LogP contribution in [0.3, 0.4) is 0 Å². The standard InChI is InChI=1S/C18H21NO8S/c1-9-11(6-16(21)19-12-7-28(23,24)8-13(12)20)18(22)27-15-5-10(25-2)4-14(26-3)17(9)15/h4-5,12-13,20H,6-8H2,1-3H3,(H,19,21). The molecule has 1 fully saturated rings. The summed E-state index contributed by atoms with van der Waals surface area (Å²) in [6.07, 6.45) is -1.49. The SMILES string of the molecule is COc1cc(OC)c2c(C)c(CC(=O)NC3CS(=O)(=O)CC3O)c(=O)oc2c1. The molecule has 1 saturated heterocycles. The van der Waals surface area contributed by atoms with Gasteiger partial charge in [0.1, 0.15) is 17.1 Å². The fraction of sp³-hybridized carbons (Fsp3) is 0.444. The number of sulfone groups is 1. The Bertz CT molecular complexity index is 1090. The number of benzene rings is 1. The Morgan fingerprint density at radius 1 is 1.29 bits per heavy atom. The van der Waals surface area contributed by atoms with Gasteiger partial charge in [-0.25, -0.2) is 13.2 Å². The topological polar surface area (TPSA) is 132 Å². The summed E-state index contributed by atoms with van der Waals surface area (Å²) in [5.74, 6) is -0.431. The second-order valence-corrected chi connectivity index (χ2v) is 8.84. The van der Waals surface area contributed by atoms with Gasteiger partial charge in [-0.2, -0.15) is 0 Å². The Labute approximate surface area is 161 Å². The summed E-state index contributed by atoms with van der Waals surface area (Å²) in [5, 5.41) is 12.8. The Hall–Kier alpha value is -2.59. The van der Waals surface area contributed by atoms with Crippen LogP contribution in [0.1, 0.15) is 11.1 Å². The largest absolute Gasteiger partial charge is 0.496 e. The lowest BCUT2D eigenvalue weighted by atomic mass is 10.0. The first kappa shape index (κ1) is 20.2. The first-order valence-corrected chi connectivity index (χ1v) is 10.3. The molecule has 2 aromatic rings. The second kappa shape index (κ2) is 7.44. The number of hydrogen-bond acceptors (Lipinski definition) is 8. The molecule has 2 atom stereocenters. The quantitative estimate of drug-likeness (QED) is 0.654.